The van der Waals surface area contributed by atoms with E-state index in [9.17, 15) is 4.39 Å². The fourth-order valence-electron chi connectivity index (χ4n) is 3.42. The van der Waals surface area contributed by atoms with Crippen LogP contribution >= 0.6 is 23.8 Å². The molecule has 6 heteroatoms. The molecule has 2 aromatic rings. The van der Waals surface area contributed by atoms with Gasteiger partial charge < -0.3 is 15.5 Å². The molecule has 144 valence electrons. The zero-order valence-electron chi connectivity index (χ0n) is 15.6. The SMILES string of the molecule is C[C@H]1CCCN(c2ccc([C@@H](C)NC(=S)Nc3ccc(F)c(Cl)c3)cc2)C1. The molecule has 3 rings (SSSR count). The van der Waals surface area contributed by atoms with Crippen LogP contribution in [0.5, 0.6) is 0 Å². The smallest absolute Gasteiger partial charge is 0.171 e. The maximum Gasteiger partial charge on any atom is 0.171 e. The van der Waals surface area contributed by atoms with E-state index in [0.717, 1.165) is 24.6 Å². The lowest BCUT2D eigenvalue weighted by Gasteiger charge is -2.33. The Hall–Kier alpha value is -1.85. The molecule has 27 heavy (non-hydrogen) atoms. The molecule has 1 heterocycles. The van der Waals surface area contributed by atoms with Crippen LogP contribution in [0, 0.1) is 11.7 Å². The minimum atomic E-state index is -0.447. The van der Waals surface area contributed by atoms with Gasteiger partial charge >= 0.3 is 0 Å². The molecule has 0 radical (unpaired) electrons. The molecule has 0 unspecified atom stereocenters. The Morgan fingerprint density at radius 2 is 2.00 bits per heavy atom. The molecule has 2 atom stereocenters. The first-order valence-corrected chi connectivity index (χ1v) is 10.1. The fourth-order valence-corrected chi connectivity index (χ4v) is 3.89. The third-order valence-electron chi connectivity index (χ3n) is 4.94. The number of rotatable bonds is 4. The summed E-state index contributed by atoms with van der Waals surface area (Å²) in [6.45, 7) is 6.63. The highest BCUT2D eigenvalue weighted by molar-refractivity contribution is 7.80. The van der Waals surface area contributed by atoms with E-state index in [1.807, 2.05) is 0 Å². The molecule has 0 saturated carbocycles. The average Bonchev–Trinajstić information content (AvgIpc) is 2.65. The molecule has 1 fully saturated rings. The summed E-state index contributed by atoms with van der Waals surface area (Å²) < 4.78 is 13.2. The highest BCUT2D eigenvalue weighted by atomic mass is 35.5. The Bertz CT molecular complexity index is 797. The molecular weight excluding hydrogens is 381 g/mol. The lowest BCUT2D eigenvalue weighted by molar-refractivity contribution is 0.447. The van der Waals surface area contributed by atoms with Gasteiger partial charge in [0.25, 0.3) is 0 Å². The minimum Gasteiger partial charge on any atom is -0.371 e. The third-order valence-corrected chi connectivity index (χ3v) is 5.45. The number of benzene rings is 2. The molecule has 0 amide bonds. The summed E-state index contributed by atoms with van der Waals surface area (Å²) in [7, 11) is 0. The molecule has 3 nitrogen and oxygen atoms in total. The quantitative estimate of drug-likeness (QED) is 0.632. The van der Waals surface area contributed by atoms with E-state index in [0.29, 0.717) is 10.8 Å². The first-order valence-electron chi connectivity index (χ1n) is 9.30. The number of nitrogens with zero attached hydrogens (tertiary/aromatic N) is 1. The number of nitrogens with one attached hydrogen (secondary N) is 2. The third kappa shape index (κ3) is 5.33. The van der Waals surface area contributed by atoms with E-state index in [1.54, 1.807) is 6.07 Å². The summed E-state index contributed by atoms with van der Waals surface area (Å²) >= 11 is 11.2. The first kappa shape index (κ1) is 19.9. The van der Waals surface area contributed by atoms with E-state index in [1.165, 1.54) is 30.7 Å². The molecule has 2 N–H and O–H groups in total. The van der Waals surface area contributed by atoms with E-state index in [4.69, 9.17) is 23.8 Å². The zero-order valence-corrected chi connectivity index (χ0v) is 17.2. The van der Waals surface area contributed by atoms with Crippen LogP contribution in [0.25, 0.3) is 0 Å². The van der Waals surface area contributed by atoms with E-state index in [2.05, 4.69) is 53.6 Å². The number of halogens is 2. The Morgan fingerprint density at radius 3 is 2.67 bits per heavy atom. The Labute approximate surface area is 170 Å². The number of piperidine rings is 1. The first-order chi connectivity index (χ1) is 12.9. The van der Waals surface area contributed by atoms with Crippen LogP contribution in [0.2, 0.25) is 5.02 Å². The van der Waals surface area contributed by atoms with Gasteiger partial charge in [-0.1, -0.05) is 30.7 Å². The van der Waals surface area contributed by atoms with Gasteiger partial charge in [0.1, 0.15) is 5.82 Å². The summed E-state index contributed by atoms with van der Waals surface area (Å²) in [5.41, 5.74) is 3.09. The average molecular weight is 406 g/mol. The molecule has 0 aliphatic carbocycles. The number of hydrogen-bond donors (Lipinski definition) is 2. The van der Waals surface area contributed by atoms with Gasteiger partial charge in [-0.15, -0.1) is 0 Å². The Morgan fingerprint density at radius 1 is 1.26 bits per heavy atom. The van der Waals surface area contributed by atoms with Crippen molar-refractivity contribution in [2.24, 2.45) is 5.92 Å². The van der Waals surface area contributed by atoms with E-state index < -0.39 is 5.82 Å². The van der Waals surface area contributed by atoms with Gasteiger partial charge in [-0.2, -0.15) is 0 Å². The van der Waals surface area contributed by atoms with Crippen molar-refractivity contribution < 1.29 is 4.39 Å². The summed E-state index contributed by atoms with van der Waals surface area (Å²) in [4.78, 5) is 2.46. The maximum atomic E-state index is 13.2. The second-order valence-electron chi connectivity index (χ2n) is 7.23. The van der Waals surface area contributed by atoms with Crippen LogP contribution in [0.15, 0.2) is 42.5 Å². The Kier molecular flexibility index (Phi) is 6.55. The molecule has 1 aliphatic rings. The van der Waals surface area contributed by atoms with Crippen LogP contribution in [0.4, 0.5) is 15.8 Å². The largest absolute Gasteiger partial charge is 0.371 e. The minimum absolute atomic E-state index is 0.0512. The maximum absolute atomic E-state index is 13.2. The number of anilines is 2. The second-order valence-corrected chi connectivity index (χ2v) is 8.05. The topological polar surface area (TPSA) is 27.3 Å². The van der Waals surface area contributed by atoms with Gasteiger partial charge in [0.05, 0.1) is 11.1 Å². The van der Waals surface area contributed by atoms with Crippen molar-refractivity contribution in [3.8, 4) is 0 Å². The molecule has 0 bridgehead atoms. The van der Waals surface area contributed by atoms with Crippen molar-refractivity contribution in [1.82, 2.24) is 5.32 Å². The van der Waals surface area contributed by atoms with Crippen LogP contribution in [-0.2, 0) is 0 Å². The monoisotopic (exact) mass is 405 g/mol. The summed E-state index contributed by atoms with van der Waals surface area (Å²) in [6, 6.07) is 13.1. The van der Waals surface area contributed by atoms with Crippen LogP contribution in [0.3, 0.4) is 0 Å². The van der Waals surface area contributed by atoms with Gasteiger partial charge in [-0.25, -0.2) is 4.39 Å². The predicted octanol–water partition coefficient (Wildman–Crippen LogP) is 5.76. The predicted molar refractivity (Wildman–Crippen MR) is 116 cm³/mol. The molecule has 1 saturated heterocycles. The van der Waals surface area contributed by atoms with Gasteiger partial charge in [0, 0.05) is 24.5 Å². The van der Waals surface area contributed by atoms with Gasteiger partial charge in [-0.05, 0) is 73.8 Å². The normalized spacial score (nSPS) is 18.1. The summed E-state index contributed by atoms with van der Waals surface area (Å²) in [5.74, 6) is 0.306. The van der Waals surface area contributed by atoms with Crippen LogP contribution in [-0.4, -0.2) is 18.2 Å². The van der Waals surface area contributed by atoms with Crippen molar-refractivity contribution in [2.45, 2.75) is 32.7 Å². The summed E-state index contributed by atoms with van der Waals surface area (Å²) in [6.07, 6.45) is 2.58. The second kappa shape index (κ2) is 8.89. The highest BCUT2D eigenvalue weighted by Gasteiger charge is 2.17. The molecule has 1 aliphatic heterocycles. The van der Waals surface area contributed by atoms with Gasteiger partial charge in [0.15, 0.2) is 5.11 Å². The Balaban J connectivity index is 1.57. The number of hydrogen-bond acceptors (Lipinski definition) is 2. The molecular formula is C21H25ClFN3S. The van der Waals surface area contributed by atoms with Crippen LogP contribution < -0.4 is 15.5 Å². The highest BCUT2D eigenvalue weighted by Crippen LogP contribution is 2.25. The fraction of sp³-hybridized carbons (Fsp3) is 0.381. The zero-order chi connectivity index (χ0) is 19.4. The molecule has 0 spiro atoms. The molecule has 2 aromatic carbocycles. The van der Waals surface area contributed by atoms with E-state index >= 15 is 0 Å². The standard InChI is InChI=1S/C21H25ClFN3S/c1-14-4-3-11-26(13-14)18-8-5-16(6-9-18)15(2)24-21(27)25-17-7-10-20(23)19(22)12-17/h5-10,12,14-15H,3-4,11,13H2,1-2H3,(H2,24,25,27)/t14-,15+/m0/s1. The van der Waals surface area contributed by atoms with Crippen LogP contribution in [0.1, 0.15) is 38.3 Å². The van der Waals surface area contributed by atoms with E-state index in [-0.39, 0.29) is 11.1 Å². The lowest BCUT2D eigenvalue weighted by Crippen LogP contribution is -2.34. The van der Waals surface area contributed by atoms with Crippen molar-refractivity contribution in [3.63, 3.8) is 0 Å². The summed E-state index contributed by atoms with van der Waals surface area (Å²) in [5, 5.41) is 6.83. The van der Waals surface area contributed by atoms with Crippen molar-refractivity contribution >= 4 is 40.3 Å². The number of thiocarbonyl (C=S) groups is 1. The van der Waals surface area contributed by atoms with Gasteiger partial charge in [0.2, 0.25) is 0 Å². The van der Waals surface area contributed by atoms with Crippen molar-refractivity contribution in [2.75, 3.05) is 23.3 Å². The van der Waals surface area contributed by atoms with Gasteiger partial charge in [-0.3, -0.25) is 0 Å². The molecule has 0 aromatic heterocycles. The lowest BCUT2D eigenvalue weighted by atomic mass is 9.99. The van der Waals surface area contributed by atoms with Crippen molar-refractivity contribution in [1.29, 1.82) is 0 Å². The van der Waals surface area contributed by atoms with Crippen molar-refractivity contribution in [3.05, 3.63) is 58.9 Å².